The van der Waals surface area contributed by atoms with Gasteiger partial charge in [0.05, 0.1) is 31.2 Å². The van der Waals surface area contributed by atoms with Gasteiger partial charge in [-0.1, -0.05) is 67.9 Å². The van der Waals surface area contributed by atoms with Crippen molar-refractivity contribution in [2.45, 2.75) is 158 Å². The summed E-state index contributed by atoms with van der Waals surface area (Å²) in [7, 11) is 0. The fourth-order valence-electron chi connectivity index (χ4n) is 15.9. The Labute approximate surface area is 393 Å². The second kappa shape index (κ2) is 16.7. The lowest BCUT2D eigenvalue weighted by Gasteiger charge is -2.72. The molecule has 6 fully saturated rings. The van der Waals surface area contributed by atoms with Gasteiger partial charge in [-0.25, -0.2) is 0 Å². The highest BCUT2D eigenvalue weighted by Gasteiger charge is 2.71. The van der Waals surface area contributed by atoms with Crippen molar-refractivity contribution < 1.29 is 43.7 Å². The van der Waals surface area contributed by atoms with Gasteiger partial charge in [0.25, 0.3) is 5.91 Å². The summed E-state index contributed by atoms with van der Waals surface area (Å²) in [5.74, 6) is -1.85. The molecule has 8 rings (SSSR count). The van der Waals surface area contributed by atoms with Crippen molar-refractivity contribution in [3.8, 4) is 0 Å². The summed E-state index contributed by atoms with van der Waals surface area (Å²) in [6.07, 6.45) is 6.54. The van der Waals surface area contributed by atoms with Crippen molar-refractivity contribution in [2.24, 2.45) is 68.0 Å². The first-order valence-corrected chi connectivity index (χ1v) is 25.2. The van der Waals surface area contributed by atoms with E-state index in [0.29, 0.717) is 43.5 Å². The molecule has 0 bridgehead atoms. The van der Waals surface area contributed by atoms with Gasteiger partial charge in [0.1, 0.15) is 11.6 Å². The zero-order valence-electron chi connectivity index (χ0n) is 41.7. The van der Waals surface area contributed by atoms with E-state index in [0.717, 1.165) is 74.9 Å². The lowest BCUT2D eigenvalue weighted by atomic mass is 9.33. The van der Waals surface area contributed by atoms with Gasteiger partial charge in [0.15, 0.2) is 5.78 Å². The molecule has 1 aromatic rings. The van der Waals surface area contributed by atoms with E-state index < -0.39 is 46.2 Å². The largest absolute Gasteiger partial charge is 0.481 e. The molecule has 1 saturated heterocycles. The monoisotopic (exact) mass is 914 g/mol. The van der Waals surface area contributed by atoms with Gasteiger partial charge in [0, 0.05) is 48.1 Å². The smallest absolute Gasteiger partial charge is 0.309 e. The van der Waals surface area contributed by atoms with E-state index in [9.17, 15) is 34.2 Å². The molecule has 0 radical (unpaired) electrons. The molecule has 1 heterocycles. The molecule has 2 amide bonds. The molecular formula is C54H79N3O9. The van der Waals surface area contributed by atoms with E-state index in [1.165, 1.54) is 0 Å². The average Bonchev–Trinajstić information content (AvgIpc) is 3.56. The summed E-state index contributed by atoms with van der Waals surface area (Å²) in [6.45, 7) is 26.2. The Hall–Kier alpha value is -3.77. The summed E-state index contributed by atoms with van der Waals surface area (Å²) in [4.78, 5) is 69.3. The highest BCUT2D eigenvalue weighted by Crippen LogP contribution is 2.77. The van der Waals surface area contributed by atoms with Crippen molar-refractivity contribution >= 4 is 35.2 Å². The van der Waals surface area contributed by atoms with Crippen LogP contribution in [0.4, 0.5) is 5.69 Å². The number of anilines is 1. The predicted octanol–water partition coefficient (Wildman–Crippen LogP) is 8.15. The second-order valence-electron chi connectivity index (χ2n) is 24.6. The molecule has 0 unspecified atom stereocenters. The van der Waals surface area contributed by atoms with Crippen LogP contribution in [0.25, 0.3) is 0 Å². The van der Waals surface area contributed by atoms with Gasteiger partial charge >= 0.3 is 11.9 Å². The molecule has 0 aromatic heterocycles. The number of allylic oxidation sites excluding steroid dienone is 1. The van der Waals surface area contributed by atoms with E-state index in [-0.39, 0.29) is 70.2 Å². The van der Waals surface area contributed by atoms with Gasteiger partial charge in [-0.3, -0.25) is 24.0 Å². The van der Waals surface area contributed by atoms with Crippen molar-refractivity contribution in [1.82, 2.24) is 10.6 Å². The number of morpholine rings is 1. The molecule has 1 aromatic carbocycles. The molecule has 364 valence electrons. The topological polar surface area (TPSA) is 172 Å². The number of hydrogen-bond donors (Lipinski definition) is 4. The fourth-order valence-corrected chi connectivity index (χ4v) is 15.9. The molecule has 12 heteroatoms. The summed E-state index contributed by atoms with van der Waals surface area (Å²) in [5.41, 5.74) is 0.353. The number of aliphatic carboxylic acids is 1. The Morgan fingerprint density at radius 2 is 1.52 bits per heavy atom. The van der Waals surface area contributed by atoms with Crippen molar-refractivity contribution in [2.75, 3.05) is 37.7 Å². The zero-order valence-corrected chi connectivity index (χ0v) is 41.7. The van der Waals surface area contributed by atoms with Crippen LogP contribution in [-0.4, -0.2) is 90.3 Å². The number of hydrogen-bond acceptors (Lipinski definition) is 9. The molecule has 7 aliphatic rings. The van der Waals surface area contributed by atoms with Crippen molar-refractivity contribution in [1.29, 1.82) is 0 Å². The number of ether oxygens (including phenoxy) is 2. The van der Waals surface area contributed by atoms with E-state index in [1.54, 1.807) is 26.0 Å². The van der Waals surface area contributed by atoms with Gasteiger partial charge in [-0.15, -0.1) is 0 Å². The Kier molecular flexibility index (Phi) is 12.3. The third kappa shape index (κ3) is 7.47. The number of Topliss-reactive ketones (excluding diaryl/α,β-unsaturated/α-hetero) is 1. The van der Waals surface area contributed by atoms with Crippen LogP contribution >= 0.6 is 0 Å². The molecular weight excluding hydrogens is 835 g/mol. The molecule has 4 N–H and O–H groups in total. The number of aliphatic hydroxyl groups is 1. The number of carboxylic acids is 1. The molecule has 11 atom stereocenters. The van der Waals surface area contributed by atoms with Crippen LogP contribution in [0.5, 0.6) is 0 Å². The SMILES string of the molecule is CC(C)C1=C2[C@H]3CC[C@@H]4[C@@]5(C)CC[C@H](OC(=O)[C@H]6C[C@@H](C(=O)O)C6(C)C)C(C)(C)[C@@H]5CC[C@@]4(C)[C@]3(C)CC[C@@]2([C@@H](O)CNC(=O)C(C)(C)NC(=O)c2ccc(N3CCOCC3)cc2)CC1=O. The summed E-state index contributed by atoms with van der Waals surface area (Å²) >= 11 is 0. The Balaban J connectivity index is 0.969. The second-order valence-corrected chi connectivity index (χ2v) is 24.6. The number of amides is 2. The van der Waals surface area contributed by atoms with Crippen LogP contribution in [0, 0.1) is 68.0 Å². The number of esters is 1. The molecule has 6 aliphatic carbocycles. The van der Waals surface area contributed by atoms with Crippen molar-refractivity contribution in [3.63, 3.8) is 0 Å². The van der Waals surface area contributed by atoms with Gasteiger partial charge in [-0.2, -0.15) is 0 Å². The quantitative estimate of drug-likeness (QED) is 0.159. The highest BCUT2D eigenvalue weighted by molar-refractivity contribution is 6.01. The standard InChI is InChI=1S/C54H79N3O9/c1-31(2)42-37(58)29-54(40(59)30-55-47(64)50(7,8)56-44(60)32-12-14-33(15-13-32)57-24-26-65-27-25-57)23-22-52(10)34(43(42)54)16-17-39-51(9)20-19-41(49(5,6)38(51)18-21-53(39,52)11)66-46(63)36-28-35(45(61)62)48(36,3)4/h12-15,31,34-36,38-41,59H,16-30H2,1-11H3,(H,55,64)(H,56,60)(H,61,62)/t34-,35+,36-,38+,39-,40+,41+,51+,52-,53-,54+/m1/s1. The van der Waals surface area contributed by atoms with E-state index in [1.807, 2.05) is 26.0 Å². The lowest BCUT2D eigenvalue weighted by Crippen LogP contribution is -2.66. The maximum absolute atomic E-state index is 14.3. The molecule has 5 saturated carbocycles. The van der Waals surface area contributed by atoms with Crippen LogP contribution < -0.4 is 15.5 Å². The summed E-state index contributed by atoms with van der Waals surface area (Å²) < 4.78 is 11.9. The number of fused-ring (bicyclic) bond motifs is 7. The summed E-state index contributed by atoms with van der Waals surface area (Å²) in [5, 5.41) is 28.0. The number of nitrogens with one attached hydrogen (secondary N) is 2. The van der Waals surface area contributed by atoms with Gasteiger partial charge in [-0.05, 0) is 147 Å². The maximum atomic E-state index is 14.3. The number of ketones is 1. The lowest BCUT2D eigenvalue weighted by molar-refractivity contribution is -0.238. The first-order chi connectivity index (χ1) is 30.8. The van der Waals surface area contributed by atoms with Crippen LogP contribution in [0.1, 0.15) is 151 Å². The number of carboxylic acid groups (broad SMARTS) is 1. The normalized spacial score (nSPS) is 37.3. The minimum absolute atomic E-state index is 0.00516. The minimum Gasteiger partial charge on any atom is -0.481 e. The Morgan fingerprint density at radius 1 is 0.848 bits per heavy atom. The highest BCUT2D eigenvalue weighted by atomic mass is 16.5. The first-order valence-electron chi connectivity index (χ1n) is 25.2. The Morgan fingerprint density at radius 3 is 2.14 bits per heavy atom. The van der Waals surface area contributed by atoms with E-state index in [2.05, 4.69) is 64.0 Å². The van der Waals surface area contributed by atoms with Crippen LogP contribution in [0.3, 0.4) is 0 Å². The van der Waals surface area contributed by atoms with Crippen LogP contribution in [-0.2, 0) is 28.7 Å². The number of nitrogens with zero attached hydrogens (tertiary/aromatic N) is 1. The van der Waals surface area contributed by atoms with Crippen molar-refractivity contribution in [3.05, 3.63) is 41.0 Å². The Bertz CT molecular complexity index is 2160. The maximum Gasteiger partial charge on any atom is 0.309 e. The number of carbonyl (C=O) groups is 5. The van der Waals surface area contributed by atoms with E-state index in [4.69, 9.17) is 9.47 Å². The number of benzene rings is 1. The van der Waals surface area contributed by atoms with Gasteiger partial charge < -0.3 is 35.2 Å². The first kappa shape index (κ1) is 48.7. The molecule has 0 spiro atoms. The third-order valence-electron chi connectivity index (χ3n) is 20.1. The van der Waals surface area contributed by atoms with Crippen LogP contribution in [0.15, 0.2) is 35.4 Å². The predicted molar refractivity (Wildman–Crippen MR) is 252 cm³/mol. The average molecular weight is 914 g/mol. The minimum atomic E-state index is -1.27. The van der Waals surface area contributed by atoms with Gasteiger partial charge in [0.2, 0.25) is 5.91 Å². The molecule has 66 heavy (non-hydrogen) atoms. The number of aliphatic hydroxyl groups excluding tert-OH is 1. The number of carbonyl (C=O) groups excluding carboxylic acids is 4. The number of rotatable bonds is 11. The zero-order chi connectivity index (χ0) is 48.2. The third-order valence-corrected chi connectivity index (χ3v) is 20.1. The fraction of sp³-hybridized carbons (Fsp3) is 0.759. The molecule has 12 nitrogen and oxygen atoms in total. The van der Waals surface area contributed by atoms with Crippen LogP contribution in [0.2, 0.25) is 0 Å². The molecule has 1 aliphatic heterocycles. The summed E-state index contributed by atoms with van der Waals surface area (Å²) in [6, 6.07) is 7.38. The van der Waals surface area contributed by atoms with E-state index >= 15 is 0 Å².